The molecule has 0 atom stereocenters. The molecule has 0 aliphatic carbocycles. The lowest BCUT2D eigenvalue weighted by molar-refractivity contribution is 0.0962. The van der Waals surface area contributed by atoms with Crippen molar-refractivity contribution in [3.63, 3.8) is 0 Å². The number of nitrogens with two attached hydrogens (primary N) is 2. The van der Waals surface area contributed by atoms with Crippen molar-refractivity contribution in [1.29, 1.82) is 0 Å². The quantitative estimate of drug-likeness (QED) is 0.847. The topological polar surface area (TPSA) is 99.1 Å². The molecule has 0 aliphatic rings. The molecule has 2 amide bonds. The van der Waals surface area contributed by atoms with Crippen LogP contribution in [0.25, 0.3) is 0 Å². The molecule has 0 bridgehead atoms. The van der Waals surface area contributed by atoms with Gasteiger partial charge >= 0.3 is 0 Å². The molecule has 5 nitrogen and oxygen atoms in total. The molecule has 0 aliphatic heterocycles. The number of hydrogen-bond acceptors (Lipinski definition) is 3. The zero-order valence-corrected chi connectivity index (χ0v) is 10.2. The predicted octanol–water partition coefficient (Wildman–Crippen LogP) is 0.870. The van der Waals surface area contributed by atoms with Gasteiger partial charge in [-0.05, 0) is 23.6 Å². The number of carbonyl (C=O) groups excluding carboxylic acids is 2. The predicted molar refractivity (Wildman–Crippen MR) is 70.5 cm³/mol. The Morgan fingerprint density at radius 2 is 1.68 bits per heavy atom. The summed E-state index contributed by atoms with van der Waals surface area (Å²) in [6.45, 7) is 0. The van der Waals surface area contributed by atoms with Crippen LogP contribution in [0.4, 0.5) is 0 Å². The zero-order chi connectivity index (χ0) is 13.8. The van der Waals surface area contributed by atoms with Gasteiger partial charge in [-0.1, -0.05) is 30.3 Å². The summed E-state index contributed by atoms with van der Waals surface area (Å²) in [5.74, 6) is -1.46. The molecular weight excluding hydrogens is 242 g/mol. The molecule has 5 heteroatoms. The van der Waals surface area contributed by atoms with Gasteiger partial charge in [0, 0.05) is 6.20 Å². The minimum atomic E-state index is -0.760. The van der Waals surface area contributed by atoms with Crippen molar-refractivity contribution in [3.8, 4) is 0 Å². The van der Waals surface area contributed by atoms with Crippen molar-refractivity contribution in [2.45, 2.75) is 6.42 Å². The van der Waals surface area contributed by atoms with Crippen molar-refractivity contribution in [2.24, 2.45) is 11.5 Å². The standard InChI is InChI=1S/C14H13N3O2/c15-13(18)11-10(6-7-17-12(11)14(16)19)8-9-4-2-1-3-5-9/h1-7H,8H2,(H2,15,18)(H2,16,19). The smallest absolute Gasteiger partial charge is 0.268 e. The molecule has 1 aromatic carbocycles. The molecular formula is C14H13N3O2. The zero-order valence-electron chi connectivity index (χ0n) is 10.2. The first-order valence-electron chi connectivity index (χ1n) is 5.71. The summed E-state index contributed by atoms with van der Waals surface area (Å²) in [7, 11) is 0. The number of hydrogen-bond donors (Lipinski definition) is 2. The van der Waals surface area contributed by atoms with E-state index in [2.05, 4.69) is 4.98 Å². The third-order valence-electron chi connectivity index (χ3n) is 2.75. The summed E-state index contributed by atoms with van der Waals surface area (Å²) in [6, 6.07) is 11.2. The molecule has 2 rings (SSSR count). The van der Waals surface area contributed by atoms with Crippen LogP contribution in [0.3, 0.4) is 0 Å². The van der Waals surface area contributed by atoms with Crippen LogP contribution in [-0.2, 0) is 6.42 Å². The second-order valence-electron chi connectivity index (χ2n) is 4.08. The van der Waals surface area contributed by atoms with Crippen LogP contribution in [-0.4, -0.2) is 16.8 Å². The Kier molecular flexibility index (Phi) is 3.56. The summed E-state index contributed by atoms with van der Waals surface area (Å²) in [6.07, 6.45) is 1.94. The van der Waals surface area contributed by atoms with E-state index in [9.17, 15) is 9.59 Å². The maximum absolute atomic E-state index is 11.5. The number of rotatable bonds is 4. The minimum Gasteiger partial charge on any atom is -0.366 e. The molecule has 2 aromatic rings. The molecule has 19 heavy (non-hydrogen) atoms. The first kappa shape index (κ1) is 12.8. The van der Waals surface area contributed by atoms with Crippen LogP contribution < -0.4 is 11.5 Å². The van der Waals surface area contributed by atoms with Crippen molar-refractivity contribution >= 4 is 11.8 Å². The van der Waals surface area contributed by atoms with Crippen molar-refractivity contribution < 1.29 is 9.59 Å². The Balaban J connectivity index is 2.48. The summed E-state index contributed by atoms with van der Waals surface area (Å²) >= 11 is 0. The number of carbonyl (C=O) groups is 2. The third-order valence-corrected chi connectivity index (χ3v) is 2.75. The normalized spacial score (nSPS) is 10.1. The average Bonchev–Trinajstić information content (AvgIpc) is 2.39. The SMILES string of the molecule is NC(=O)c1nccc(Cc2ccccc2)c1C(N)=O. The fourth-order valence-corrected chi connectivity index (χ4v) is 1.93. The largest absolute Gasteiger partial charge is 0.366 e. The third kappa shape index (κ3) is 2.77. The van der Waals surface area contributed by atoms with Crippen LogP contribution in [0.1, 0.15) is 32.0 Å². The maximum atomic E-state index is 11.5. The van der Waals surface area contributed by atoms with E-state index in [1.165, 1.54) is 6.20 Å². The van der Waals surface area contributed by atoms with Crippen molar-refractivity contribution in [1.82, 2.24) is 4.98 Å². The molecule has 0 radical (unpaired) electrons. The van der Waals surface area contributed by atoms with Gasteiger partial charge in [-0.2, -0.15) is 0 Å². The van der Waals surface area contributed by atoms with Crippen molar-refractivity contribution in [2.75, 3.05) is 0 Å². The van der Waals surface area contributed by atoms with Crippen LogP contribution in [0.2, 0.25) is 0 Å². The Bertz CT molecular complexity index is 624. The number of benzene rings is 1. The van der Waals surface area contributed by atoms with Gasteiger partial charge in [-0.15, -0.1) is 0 Å². The average molecular weight is 255 g/mol. The van der Waals surface area contributed by atoms with E-state index in [0.717, 1.165) is 5.56 Å². The summed E-state index contributed by atoms with van der Waals surface area (Å²) in [5, 5.41) is 0. The summed E-state index contributed by atoms with van der Waals surface area (Å²) in [4.78, 5) is 26.6. The van der Waals surface area contributed by atoms with E-state index < -0.39 is 11.8 Å². The monoisotopic (exact) mass is 255 g/mol. The van der Waals surface area contributed by atoms with Crippen LogP contribution in [0, 0.1) is 0 Å². The molecule has 1 aromatic heterocycles. The number of pyridine rings is 1. The van der Waals surface area contributed by atoms with Gasteiger partial charge in [0.2, 0.25) is 0 Å². The Labute approximate surface area is 110 Å². The fourth-order valence-electron chi connectivity index (χ4n) is 1.93. The minimum absolute atomic E-state index is 0.0825. The van der Waals surface area contributed by atoms with Crippen LogP contribution in [0.5, 0.6) is 0 Å². The van der Waals surface area contributed by atoms with Gasteiger partial charge in [0.15, 0.2) is 0 Å². The highest BCUT2D eigenvalue weighted by molar-refractivity contribution is 6.05. The van der Waals surface area contributed by atoms with Gasteiger partial charge in [0.05, 0.1) is 5.56 Å². The molecule has 4 N–H and O–H groups in total. The van der Waals surface area contributed by atoms with Gasteiger partial charge in [0.1, 0.15) is 5.69 Å². The van der Waals surface area contributed by atoms with Gasteiger partial charge in [0.25, 0.3) is 11.8 Å². The highest BCUT2D eigenvalue weighted by atomic mass is 16.2. The first-order valence-corrected chi connectivity index (χ1v) is 5.71. The summed E-state index contributed by atoms with van der Waals surface area (Å²) in [5.41, 5.74) is 12.2. The van der Waals surface area contributed by atoms with Gasteiger partial charge in [-0.3, -0.25) is 14.6 Å². The highest BCUT2D eigenvalue weighted by Gasteiger charge is 2.18. The Morgan fingerprint density at radius 1 is 1.00 bits per heavy atom. The van der Waals surface area contributed by atoms with Gasteiger partial charge < -0.3 is 11.5 Å². The number of aromatic nitrogens is 1. The van der Waals surface area contributed by atoms with E-state index >= 15 is 0 Å². The van der Waals surface area contributed by atoms with E-state index in [0.29, 0.717) is 12.0 Å². The Hall–Kier alpha value is -2.69. The molecule has 1 heterocycles. The number of nitrogens with zero attached hydrogens (tertiary/aromatic N) is 1. The number of primary amides is 2. The van der Waals surface area contributed by atoms with Crippen LogP contribution >= 0.6 is 0 Å². The molecule has 0 saturated heterocycles. The van der Waals surface area contributed by atoms with E-state index in [1.807, 2.05) is 30.3 Å². The lowest BCUT2D eigenvalue weighted by Gasteiger charge is -2.09. The lowest BCUT2D eigenvalue weighted by Crippen LogP contribution is -2.24. The lowest BCUT2D eigenvalue weighted by atomic mass is 9.98. The molecule has 0 unspecified atom stereocenters. The van der Waals surface area contributed by atoms with E-state index in [-0.39, 0.29) is 11.3 Å². The van der Waals surface area contributed by atoms with E-state index in [4.69, 9.17) is 11.5 Å². The van der Waals surface area contributed by atoms with Crippen LogP contribution in [0.15, 0.2) is 42.6 Å². The summed E-state index contributed by atoms with van der Waals surface area (Å²) < 4.78 is 0. The molecule has 96 valence electrons. The van der Waals surface area contributed by atoms with Gasteiger partial charge in [-0.25, -0.2) is 0 Å². The first-order chi connectivity index (χ1) is 9.09. The Morgan fingerprint density at radius 3 is 2.26 bits per heavy atom. The second kappa shape index (κ2) is 5.30. The molecule has 0 spiro atoms. The number of amides is 2. The maximum Gasteiger partial charge on any atom is 0.268 e. The van der Waals surface area contributed by atoms with Crippen molar-refractivity contribution in [3.05, 3.63) is 65.0 Å². The molecule has 0 saturated carbocycles. The molecule has 0 fully saturated rings. The highest BCUT2D eigenvalue weighted by Crippen LogP contribution is 2.16. The second-order valence-corrected chi connectivity index (χ2v) is 4.08. The van der Waals surface area contributed by atoms with E-state index in [1.54, 1.807) is 6.07 Å². The fraction of sp³-hybridized carbons (Fsp3) is 0.0714.